The molecule has 4 rings (SSSR count). The highest BCUT2D eigenvalue weighted by Crippen LogP contribution is 2.32. The summed E-state index contributed by atoms with van der Waals surface area (Å²) < 4.78 is 31.1. The number of nitrogens with one attached hydrogen (secondary N) is 1. The van der Waals surface area contributed by atoms with Crippen LogP contribution in [0.25, 0.3) is 11.3 Å². The van der Waals surface area contributed by atoms with Gasteiger partial charge in [-0.25, -0.2) is 9.18 Å². The number of hydrogen-bond donors (Lipinski definition) is 2. The molecule has 180 valence electrons. The van der Waals surface area contributed by atoms with Gasteiger partial charge in [-0.05, 0) is 42.5 Å². The molecule has 2 aromatic heterocycles. The summed E-state index contributed by atoms with van der Waals surface area (Å²) in [5.74, 6) is -1.03. The van der Waals surface area contributed by atoms with Gasteiger partial charge in [0.2, 0.25) is 5.91 Å². The molecule has 0 aliphatic rings. The fourth-order valence-electron chi connectivity index (χ4n) is 3.10. The monoisotopic (exact) mass is 481 g/mol. The first-order valence-corrected chi connectivity index (χ1v) is 10.4. The number of carbonyl (C=O) groups is 2. The predicted molar refractivity (Wildman–Crippen MR) is 119 cm³/mol. The topological polar surface area (TPSA) is 142 Å². The molecule has 0 fully saturated rings. The average molecular weight is 481 g/mol. The molecular weight excluding hydrogens is 461 g/mol. The van der Waals surface area contributed by atoms with Crippen LogP contribution in [0, 0.1) is 5.82 Å². The van der Waals surface area contributed by atoms with Gasteiger partial charge < -0.3 is 24.4 Å². The Balaban J connectivity index is 1.33. The summed E-state index contributed by atoms with van der Waals surface area (Å²) in [6, 6.07) is 11.9. The Kier molecular flexibility index (Phi) is 7.00. The Morgan fingerprint density at radius 2 is 1.97 bits per heavy atom. The van der Waals surface area contributed by atoms with Crippen molar-refractivity contribution in [2.24, 2.45) is 0 Å². The minimum Gasteiger partial charge on any atom is -0.497 e. The van der Waals surface area contributed by atoms with E-state index in [-0.39, 0.29) is 41.7 Å². The maximum Gasteiger partial charge on any atom is 0.358 e. The lowest BCUT2D eigenvalue weighted by atomic mass is 10.1. The molecule has 2 heterocycles. The molecule has 11 nitrogen and oxygen atoms in total. The first-order valence-electron chi connectivity index (χ1n) is 10.4. The number of rotatable bonds is 10. The van der Waals surface area contributed by atoms with Crippen LogP contribution in [-0.2, 0) is 17.9 Å². The molecule has 0 saturated heterocycles. The smallest absolute Gasteiger partial charge is 0.358 e. The third-order valence-electron chi connectivity index (χ3n) is 4.84. The standard InChI is InChI=1S/C23H20FN5O6/c1-33-17-5-3-15(4-6-17)25-22(30)8-9-29-12-16(26-28-29)13-34-20-7-2-14(24)10-18(20)21-11-19(23(31)32)27-35-21/h2-7,10-12H,8-9,13H2,1H3,(H,25,30)(H,31,32). The summed E-state index contributed by atoms with van der Waals surface area (Å²) >= 11 is 0. The van der Waals surface area contributed by atoms with E-state index in [0.717, 1.165) is 6.07 Å². The van der Waals surface area contributed by atoms with Crippen LogP contribution < -0.4 is 14.8 Å². The highest BCUT2D eigenvalue weighted by Gasteiger charge is 2.17. The Hall–Kier alpha value is -4.74. The second-order valence-electron chi connectivity index (χ2n) is 7.31. The van der Waals surface area contributed by atoms with Crippen LogP contribution in [0.1, 0.15) is 22.6 Å². The Morgan fingerprint density at radius 3 is 2.69 bits per heavy atom. The van der Waals surface area contributed by atoms with E-state index >= 15 is 0 Å². The molecule has 0 radical (unpaired) electrons. The molecule has 0 saturated carbocycles. The van der Waals surface area contributed by atoms with Crippen LogP contribution in [0.5, 0.6) is 11.5 Å². The molecular formula is C23H20FN5O6. The van der Waals surface area contributed by atoms with Crippen LogP contribution in [-0.4, -0.2) is 44.2 Å². The Labute approximate surface area is 198 Å². The van der Waals surface area contributed by atoms with Crippen LogP contribution in [0.3, 0.4) is 0 Å². The maximum atomic E-state index is 13.8. The summed E-state index contributed by atoms with van der Waals surface area (Å²) in [7, 11) is 1.57. The molecule has 0 bridgehead atoms. The van der Waals surface area contributed by atoms with Gasteiger partial charge in [0.1, 0.15) is 29.6 Å². The first-order chi connectivity index (χ1) is 16.9. The van der Waals surface area contributed by atoms with Crippen molar-refractivity contribution < 1.29 is 33.1 Å². The number of aromatic nitrogens is 4. The number of nitrogens with zero attached hydrogens (tertiary/aromatic N) is 4. The maximum absolute atomic E-state index is 13.8. The lowest BCUT2D eigenvalue weighted by Crippen LogP contribution is -2.14. The van der Waals surface area contributed by atoms with E-state index in [1.54, 1.807) is 37.6 Å². The second kappa shape index (κ2) is 10.5. The number of amides is 1. The zero-order valence-electron chi connectivity index (χ0n) is 18.5. The minimum atomic E-state index is -1.27. The van der Waals surface area contributed by atoms with Crippen LogP contribution >= 0.6 is 0 Å². The van der Waals surface area contributed by atoms with E-state index < -0.39 is 11.8 Å². The SMILES string of the molecule is COc1ccc(NC(=O)CCn2cc(COc3ccc(F)cc3-c3cc(C(=O)O)no3)nn2)cc1. The van der Waals surface area contributed by atoms with Gasteiger partial charge >= 0.3 is 5.97 Å². The Morgan fingerprint density at radius 1 is 1.17 bits per heavy atom. The molecule has 1 amide bonds. The average Bonchev–Trinajstić information content (AvgIpc) is 3.52. The van der Waals surface area contributed by atoms with Crippen LogP contribution in [0.2, 0.25) is 0 Å². The first kappa shape index (κ1) is 23.4. The van der Waals surface area contributed by atoms with Gasteiger partial charge in [0.05, 0.1) is 25.4 Å². The number of carboxylic acids is 1. The molecule has 35 heavy (non-hydrogen) atoms. The van der Waals surface area contributed by atoms with Gasteiger partial charge in [-0.15, -0.1) is 5.10 Å². The number of aryl methyl sites for hydroxylation is 1. The van der Waals surface area contributed by atoms with Crippen molar-refractivity contribution in [3.8, 4) is 22.8 Å². The van der Waals surface area contributed by atoms with Crippen molar-refractivity contribution in [2.45, 2.75) is 19.6 Å². The summed E-state index contributed by atoms with van der Waals surface area (Å²) in [5, 5.41) is 23.2. The molecule has 0 unspecified atom stereocenters. The molecule has 2 aromatic carbocycles. The number of carbonyl (C=O) groups excluding carboxylic acids is 1. The number of aromatic carboxylic acids is 1. The molecule has 0 spiro atoms. The van der Waals surface area contributed by atoms with Crippen molar-refractivity contribution in [1.29, 1.82) is 0 Å². The van der Waals surface area contributed by atoms with Gasteiger partial charge in [0, 0.05) is 18.2 Å². The quantitative estimate of drug-likeness (QED) is 0.348. The lowest BCUT2D eigenvalue weighted by molar-refractivity contribution is -0.116. The number of hydrogen-bond acceptors (Lipinski definition) is 8. The summed E-state index contributed by atoms with van der Waals surface area (Å²) in [6.07, 6.45) is 1.80. The van der Waals surface area contributed by atoms with E-state index in [0.29, 0.717) is 23.7 Å². The van der Waals surface area contributed by atoms with E-state index in [1.807, 2.05) is 0 Å². The number of carboxylic acid groups (broad SMARTS) is 1. The molecule has 0 aliphatic heterocycles. The predicted octanol–water partition coefficient (Wildman–Crippen LogP) is 3.39. The fourth-order valence-corrected chi connectivity index (χ4v) is 3.10. The normalized spacial score (nSPS) is 10.7. The van der Waals surface area contributed by atoms with Gasteiger partial charge in [0.15, 0.2) is 11.5 Å². The van der Waals surface area contributed by atoms with E-state index in [4.69, 9.17) is 19.1 Å². The van der Waals surface area contributed by atoms with Crippen LogP contribution in [0.4, 0.5) is 10.1 Å². The van der Waals surface area contributed by atoms with Crippen LogP contribution in [0.15, 0.2) is 59.3 Å². The zero-order valence-corrected chi connectivity index (χ0v) is 18.5. The van der Waals surface area contributed by atoms with Crippen molar-refractivity contribution in [2.75, 3.05) is 12.4 Å². The van der Waals surface area contributed by atoms with Gasteiger partial charge in [-0.2, -0.15) is 0 Å². The molecule has 0 aliphatic carbocycles. The molecule has 2 N–H and O–H groups in total. The van der Waals surface area contributed by atoms with Crippen molar-refractivity contribution in [3.63, 3.8) is 0 Å². The van der Waals surface area contributed by atoms with Crippen molar-refractivity contribution in [1.82, 2.24) is 20.2 Å². The molecule has 0 atom stereocenters. The lowest BCUT2D eigenvalue weighted by Gasteiger charge is -2.08. The van der Waals surface area contributed by atoms with Gasteiger partial charge in [-0.1, -0.05) is 10.4 Å². The van der Waals surface area contributed by atoms with E-state index in [9.17, 15) is 14.0 Å². The van der Waals surface area contributed by atoms with Crippen molar-refractivity contribution in [3.05, 3.63) is 71.9 Å². The fraction of sp³-hybridized carbons (Fsp3) is 0.174. The second-order valence-corrected chi connectivity index (χ2v) is 7.31. The number of ether oxygens (including phenoxy) is 2. The minimum absolute atomic E-state index is 0.00337. The highest BCUT2D eigenvalue weighted by atomic mass is 19.1. The summed E-state index contributed by atoms with van der Waals surface area (Å²) in [6.45, 7) is 0.295. The van der Waals surface area contributed by atoms with Gasteiger partial charge in [-0.3, -0.25) is 9.48 Å². The summed E-state index contributed by atoms with van der Waals surface area (Å²) in [5.41, 5.74) is 1.02. The number of anilines is 1. The van der Waals surface area contributed by atoms with Crippen molar-refractivity contribution >= 4 is 17.6 Å². The number of methoxy groups -OCH3 is 1. The molecule has 4 aromatic rings. The third-order valence-corrected chi connectivity index (χ3v) is 4.84. The van der Waals surface area contributed by atoms with E-state index in [2.05, 4.69) is 20.8 Å². The van der Waals surface area contributed by atoms with Gasteiger partial charge in [0.25, 0.3) is 0 Å². The molecule has 12 heteroatoms. The zero-order chi connectivity index (χ0) is 24.8. The number of halogens is 1. The Bertz CT molecular complexity index is 1330. The summed E-state index contributed by atoms with van der Waals surface area (Å²) in [4.78, 5) is 23.2. The van der Waals surface area contributed by atoms with E-state index in [1.165, 1.54) is 22.9 Å². The third kappa shape index (κ3) is 5.99. The highest BCUT2D eigenvalue weighted by molar-refractivity contribution is 5.90. The largest absolute Gasteiger partial charge is 0.497 e. The number of benzene rings is 2.